The molecule has 4 N–H and O–H groups in total. The molecule has 27 heavy (non-hydrogen) atoms. The minimum Gasteiger partial charge on any atom is -0.359 e. The number of carbonyl (C=O) groups excluding carboxylic acids is 3. The number of carbonyl (C=O) groups is 3. The fourth-order valence-corrected chi connectivity index (χ4v) is 3.12. The number of nitrogens with one attached hydrogen (secondary N) is 3. The first-order valence-corrected chi connectivity index (χ1v) is 9.76. The Labute approximate surface area is 164 Å². The first-order valence-electron chi connectivity index (χ1n) is 8.89. The van der Waals surface area contributed by atoms with Crippen LogP contribution in [0.4, 0.5) is 4.79 Å². The van der Waals surface area contributed by atoms with Gasteiger partial charge in [0.15, 0.2) is 5.78 Å². The number of benzene rings is 1. The highest BCUT2D eigenvalue weighted by Crippen LogP contribution is 2.20. The van der Waals surface area contributed by atoms with Crippen LogP contribution in [0.3, 0.4) is 0 Å². The molecule has 0 aliphatic rings. The zero-order valence-corrected chi connectivity index (χ0v) is 16.9. The largest absolute Gasteiger partial charge is 0.359 e. The van der Waals surface area contributed by atoms with Crippen molar-refractivity contribution in [1.29, 1.82) is 0 Å². The summed E-state index contributed by atoms with van der Waals surface area (Å²) in [5, 5.41) is 13.0. The maximum atomic E-state index is 12.2. The van der Waals surface area contributed by atoms with Crippen molar-refractivity contribution in [2.24, 2.45) is 5.41 Å². The van der Waals surface area contributed by atoms with Crippen LogP contribution in [0.5, 0.6) is 0 Å². The summed E-state index contributed by atoms with van der Waals surface area (Å²) in [5.74, 6) is -0.344. The molecule has 1 atom stereocenters. The summed E-state index contributed by atoms with van der Waals surface area (Å²) in [6, 6.07) is 9.82. The van der Waals surface area contributed by atoms with Gasteiger partial charge in [0.2, 0.25) is 5.91 Å². The van der Waals surface area contributed by atoms with Gasteiger partial charge < -0.3 is 15.8 Å². The molecule has 0 bridgehead atoms. The summed E-state index contributed by atoms with van der Waals surface area (Å²) in [7, 11) is 1.56. The van der Waals surface area contributed by atoms with Crippen molar-refractivity contribution in [3.8, 4) is 0 Å². The van der Waals surface area contributed by atoms with Crippen LogP contribution in [0.15, 0.2) is 30.3 Å². The molecule has 7 nitrogen and oxygen atoms in total. The summed E-state index contributed by atoms with van der Waals surface area (Å²) >= 11 is 0.703. The van der Waals surface area contributed by atoms with Gasteiger partial charge in [0.05, 0.1) is 0 Å². The van der Waals surface area contributed by atoms with E-state index in [0.717, 1.165) is 12.0 Å². The van der Waals surface area contributed by atoms with Gasteiger partial charge in [-0.3, -0.25) is 14.4 Å². The van der Waals surface area contributed by atoms with E-state index in [-0.39, 0.29) is 31.1 Å². The van der Waals surface area contributed by atoms with Crippen LogP contribution in [-0.2, 0) is 16.0 Å². The lowest BCUT2D eigenvalue weighted by Gasteiger charge is -2.24. The number of ketones is 1. The SMILES string of the molecule is CNC(=O)CC(C)(C)CNC(=O)SC(NO)C(=O)CCCc1ccccc1. The molecule has 0 heterocycles. The van der Waals surface area contributed by atoms with E-state index in [4.69, 9.17) is 0 Å². The minimum atomic E-state index is -1.01. The average molecular weight is 396 g/mol. The predicted molar refractivity (Wildman–Crippen MR) is 107 cm³/mol. The summed E-state index contributed by atoms with van der Waals surface area (Å²) in [6.45, 7) is 4.01. The van der Waals surface area contributed by atoms with E-state index in [0.29, 0.717) is 18.2 Å². The van der Waals surface area contributed by atoms with Crippen LogP contribution in [0, 0.1) is 5.41 Å². The number of thioether (sulfide) groups is 1. The molecule has 1 unspecified atom stereocenters. The van der Waals surface area contributed by atoms with Crippen molar-refractivity contribution in [2.45, 2.75) is 44.9 Å². The molecule has 2 amide bonds. The third-order valence-corrected chi connectivity index (χ3v) is 4.96. The Morgan fingerprint density at radius 2 is 1.85 bits per heavy atom. The number of amides is 2. The molecular formula is C19H29N3O4S. The third kappa shape index (κ3) is 9.55. The Morgan fingerprint density at radius 3 is 2.44 bits per heavy atom. The smallest absolute Gasteiger partial charge is 0.281 e. The van der Waals surface area contributed by atoms with Gasteiger partial charge in [0.25, 0.3) is 5.24 Å². The molecule has 0 aliphatic carbocycles. The van der Waals surface area contributed by atoms with Crippen LogP contribution >= 0.6 is 11.8 Å². The standard InChI is InChI=1S/C19H29N3O4S/c1-19(2,12-16(24)20-3)13-21-18(25)27-17(22-26)15(23)11-7-10-14-8-5-4-6-9-14/h4-6,8-9,17,22,26H,7,10-13H2,1-3H3,(H,20,24)(H,21,25). The van der Waals surface area contributed by atoms with Crippen molar-refractivity contribution in [3.63, 3.8) is 0 Å². The number of aryl methyl sites for hydroxylation is 1. The van der Waals surface area contributed by atoms with Gasteiger partial charge in [0.1, 0.15) is 5.37 Å². The highest BCUT2D eigenvalue weighted by atomic mass is 32.2. The lowest BCUT2D eigenvalue weighted by Crippen LogP contribution is -2.39. The Balaban J connectivity index is 2.38. The normalized spacial score (nSPS) is 12.3. The van der Waals surface area contributed by atoms with Gasteiger partial charge in [-0.15, -0.1) is 0 Å². The molecule has 150 valence electrons. The van der Waals surface area contributed by atoms with E-state index in [2.05, 4.69) is 10.6 Å². The Hall–Kier alpha value is -1.90. The van der Waals surface area contributed by atoms with Crippen LogP contribution in [0.25, 0.3) is 0 Å². The van der Waals surface area contributed by atoms with E-state index < -0.39 is 16.0 Å². The molecule has 0 aromatic heterocycles. The van der Waals surface area contributed by atoms with Gasteiger partial charge >= 0.3 is 0 Å². The molecule has 0 saturated heterocycles. The van der Waals surface area contributed by atoms with E-state index in [1.807, 2.05) is 49.7 Å². The number of Topliss-reactive ketones (excluding diaryl/α,β-unsaturated/α-hetero) is 1. The fraction of sp³-hybridized carbons (Fsp3) is 0.526. The third-order valence-electron chi connectivity index (χ3n) is 4.00. The average Bonchev–Trinajstić information content (AvgIpc) is 2.64. The predicted octanol–water partition coefficient (Wildman–Crippen LogP) is 2.49. The lowest BCUT2D eigenvalue weighted by atomic mass is 9.89. The molecule has 1 aromatic carbocycles. The molecule has 0 spiro atoms. The Kier molecular flexibility index (Phi) is 10.1. The second kappa shape index (κ2) is 11.7. The first kappa shape index (κ1) is 23.1. The van der Waals surface area contributed by atoms with Gasteiger partial charge in [0, 0.05) is 26.4 Å². The molecule has 0 radical (unpaired) electrons. The van der Waals surface area contributed by atoms with Crippen LogP contribution in [-0.4, -0.2) is 41.1 Å². The summed E-state index contributed by atoms with van der Waals surface area (Å²) in [4.78, 5) is 35.7. The maximum Gasteiger partial charge on any atom is 0.281 e. The number of hydrogen-bond acceptors (Lipinski definition) is 6. The second-order valence-corrected chi connectivity index (χ2v) is 8.17. The van der Waals surface area contributed by atoms with Crippen LogP contribution < -0.4 is 16.1 Å². The van der Waals surface area contributed by atoms with Gasteiger partial charge in [-0.1, -0.05) is 44.2 Å². The number of rotatable bonds is 11. The molecule has 0 saturated carbocycles. The van der Waals surface area contributed by atoms with Crippen molar-refractivity contribution < 1.29 is 19.6 Å². The minimum absolute atomic E-state index is 0.106. The van der Waals surface area contributed by atoms with Crippen molar-refractivity contribution in [3.05, 3.63) is 35.9 Å². The van der Waals surface area contributed by atoms with Gasteiger partial charge in [-0.2, -0.15) is 5.48 Å². The highest BCUT2D eigenvalue weighted by molar-refractivity contribution is 8.14. The molecule has 8 heteroatoms. The van der Waals surface area contributed by atoms with Crippen LogP contribution in [0.2, 0.25) is 0 Å². The second-order valence-electron chi connectivity index (χ2n) is 7.09. The van der Waals surface area contributed by atoms with E-state index in [9.17, 15) is 19.6 Å². The quantitative estimate of drug-likeness (QED) is 0.339. The topological polar surface area (TPSA) is 108 Å². The molecule has 1 aromatic rings. The maximum absolute atomic E-state index is 12.2. The highest BCUT2D eigenvalue weighted by Gasteiger charge is 2.25. The van der Waals surface area contributed by atoms with Crippen molar-refractivity contribution in [1.82, 2.24) is 16.1 Å². The fourth-order valence-electron chi connectivity index (χ4n) is 2.45. The van der Waals surface area contributed by atoms with E-state index in [1.54, 1.807) is 7.05 Å². The van der Waals surface area contributed by atoms with Crippen LogP contribution in [0.1, 0.15) is 38.7 Å². The number of hydroxylamine groups is 1. The van der Waals surface area contributed by atoms with E-state index >= 15 is 0 Å². The van der Waals surface area contributed by atoms with Gasteiger partial charge in [-0.25, -0.2) is 0 Å². The summed E-state index contributed by atoms with van der Waals surface area (Å²) in [5.41, 5.74) is 2.63. The lowest BCUT2D eigenvalue weighted by molar-refractivity contribution is -0.122. The zero-order chi connectivity index (χ0) is 20.3. The van der Waals surface area contributed by atoms with Gasteiger partial charge in [-0.05, 0) is 35.6 Å². The Bertz CT molecular complexity index is 623. The van der Waals surface area contributed by atoms with E-state index in [1.165, 1.54) is 0 Å². The van der Waals surface area contributed by atoms with Crippen molar-refractivity contribution in [2.75, 3.05) is 13.6 Å². The number of hydrogen-bond donors (Lipinski definition) is 4. The molecule has 0 fully saturated rings. The summed E-state index contributed by atoms with van der Waals surface area (Å²) < 4.78 is 0. The molecular weight excluding hydrogens is 366 g/mol. The van der Waals surface area contributed by atoms with Crippen molar-refractivity contribution >= 4 is 28.7 Å². The Morgan fingerprint density at radius 1 is 1.19 bits per heavy atom. The summed E-state index contributed by atoms with van der Waals surface area (Å²) in [6.07, 6.45) is 1.93. The molecule has 1 rings (SSSR count). The first-order chi connectivity index (χ1) is 12.8. The molecule has 0 aliphatic heterocycles. The zero-order valence-electron chi connectivity index (χ0n) is 16.1. The monoisotopic (exact) mass is 395 g/mol.